The number of anilines is 1. The number of hydrogen-bond donors (Lipinski definition) is 4. The summed E-state index contributed by atoms with van der Waals surface area (Å²) in [6, 6.07) is 5.01. The molecule has 0 radical (unpaired) electrons. The van der Waals surface area contributed by atoms with Crippen LogP contribution in [0.4, 0.5) is 5.69 Å². The molecule has 0 spiro atoms. The molecule has 0 bridgehead atoms. The van der Waals surface area contributed by atoms with E-state index >= 15 is 0 Å². The van der Waals surface area contributed by atoms with Crippen LogP contribution in [0.25, 0.3) is 0 Å². The van der Waals surface area contributed by atoms with Crippen molar-refractivity contribution in [1.29, 1.82) is 0 Å². The van der Waals surface area contributed by atoms with Gasteiger partial charge in [0, 0.05) is 17.8 Å². The van der Waals surface area contributed by atoms with Gasteiger partial charge in [0.2, 0.25) is 5.91 Å². The average Bonchev–Trinajstić information content (AvgIpc) is 2.26. The Morgan fingerprint density at radius 2 is 2.25 bits per heavy atom. The zero-order chi connectivity index (χ0) is 12.1. The van der Waals surface area contributed by atoms with E-state index in [0.29, 0.717) is 5.56 Å². The second kappa shape index (κ2) is 5.48. The van der Waals surface area contributed by atoms with Crippen molar-refractivity contribution in [2.45, 2.75) is 13.0 Å². The number of hydrogen-bond acceptors (Lipinski definition) is 4. The summed E-state index contributed by atoms with van der Waals surface area (Å²) in [7, 11) is 0. The van der Waals surface area contributed by atoms with Crippen molar-refractivity contribution in [2.24, 2.45) is 5.73 Å². The van der Waals surface area contributed by atoms with Gasteiger partial charge in [-0.3, -0.25) is 4.79 Å². The van der Waals surface area contributed by atoms with Crippen molar-refractivity contribution in [1.82, 2.24) is 0 Å². The molecular weight excluding hydrogens is 208 g/mol. The molecule has 88 valence electrons. The Balaban J connectivity index is 2.72. The Bertz CT molecular complexity index is 379. The minimum atomic E-state index is -0.796. The van der Waals surface area contributed by atoms with Crippen molar-refractivity contribution in [2.75, 3.05) is 18.5 Å². The highest BCUT2D eigenvalue weighted by atomic mass is 16.3. The minimum absolute atomic E-state index is 0.257. The van der Waals surface area contributed by atoms with E-state index in [0.717, 1.165) is 11.3 Å². The van der Waals surface area contributed by atoms with Crippen LogP contribution in [0.5, 0.6) is 0 Å². The monoisotopic (exact) mass is 224 g/mol. The van der Waals surface area contributed by atoms with Crippen LogP contribution in [-0.4, -0.2) is 35.4 Å². The molecule has 0 fully saturated rings. The summed E-state index contributed by atoms with van der Waals surface area (Å²) in [5.74, 6) is -0.468. The molecule has 5 nitrogen and oxygen atoms in total. The van der Waals surface area contributed by atoms with E-state index in [1.54, 1.807) is 18.2 Å². The third-order valence-corrected chi connectivity index (χ3v) is 2.25. The number of nitrogens with one attached hydrogen (secondary N) is 1. The van der Waals surface area contributed by atoms with Crippen LogP contribution in [0.3, 0.4) is 0 Å². The highest BCUT2D eigenvalue weighted by molar-refractivity contribution is 5.93. The van der Waals surface area contributed by atoms with Gasteiger partial charge in [0.25, 0.3) is 0 Å². The van der Waals surface area contributed by atoms with Gasteiger partial charge in [0.1, 0.15) is 0 Å². The number of carbonyl (C=O) groups excluding carboxylic acids is 1. The van der Waals surface area contributed by atoms with E-state index < -0.39 is 12.0 Å². The molecule has 0 saturated heterocycles. The van der Waals surface area contributed by atoms with E-state index in [1.165, 1.54) is 0 Å². The number of aliphatic hydroxyl groups is 2. The first kappa shape index (κ1) is 12.5. The van der Waals surface area contributed by atoms with Gasteiger partial charge in [-0.1, -0.05) is 0 Å². The van der Waals surface area contributed by atoms with Crippen molar-refractivity contribution >= 4 is 11.6 Å². The van der Waals surface area contributed by atoms with Crippen molar-refractivity contribution in [3.05, 3.63) is 29.3 Å². The van der Waals surface area contributed by atoms with Crippen LogP contribution in [0.2, 0.25) is 0 Å². The summed E-state index contributed by atoms with van der Waals surface area (Å²) in [4.78, 5) is 10.9. The predicted molar refractivity (Wildman–Crippen MR) is 61.3 cm³/mol. The fourth-order valence-corrected chi connectivity index (χ4v) is 1.31. The number of aliphatic hydroxyl groups excluding tert-OH is 2. The molecule has 1 rings (SSSR count). The summed E-state index contributed by atoms with van der Waals surface area (Å²) >= 11 is 0. The first-order valence-electron chi connectivity index (χ1n) is 4.98. The molecule has 1 atom stereocenters. The van der Waals surface area contributed by atoms with Gasteiger partial charge < -0.3 is 21.3 Å². The Morgan fingerprint density at radius 1 is 1.56 bits per heavy atom. The Labute approximate surface area is 93.9 Å². The number of primary amides is 1. The van der Waals surface area contributed by atoms with Gasteiger partial charge in [-0.25, -0.2) is 0 Å². The lowest BCUT2D eigenvalue weighted by Crippen LogP contribution is -2.23. The fourth-order valence-electron chi connectivity index (χ4n) is 1.31. The van der Waals surface area contributed by atoms with Gasteiger partial charge in [-0.15, -0.1) is 0 Å². The van der Waals surface area contributed by atoms with Crippen molar-refractivity contribution in [3.8, 4) is 0 Å². The summed E-state index contributed by atoms with van der Waals surface area (Å²) < 4.78 is 0. The van der Waals surface area contributed by atoms with Gasteiger partial charge >= 0.3 is 0 Å². The molecule has 0 aliphatic carbocycles. The average molecular weight is 224 g/mol. The van der Waals surface area contributed by atoms with Crippen LogP contribution >= 0.6 is 0 Å². The highest BCUT2D eigenvalue weighted by Crippen LogP contribution is 2.16. The van der Waals surface area contributed by atoms with E-state index in [9.17, 15) is 4.79 Å². The topological polar surface area (TPSA) is 95.6 Å². The molecule has 1 unspecified atom stereocenters. The Hall–Kier alpha value is -1.59. The first-order valence-corrected chi connectivity index (χ1v) is 4.98. The summed E-state index contributed by atoms with van der Waals surface area (Å²) in [5, 5.41) is 20.8. The predicted octanol–water partition coefficient (Wildman–Crippen LogP) is -0.141. The molecule has 0 aromatic heterocycles. The van der Waals surface area contributed by atoms with Gasteiger partial charge in [-0.2, -0.15) is 0 Å². The van der Waals surface area contributed by atoms with Crippen molar-refractivity contribution < 1.29 is 15.0 Å². The van der Waals surface area contributed by atoms with E-state index in [1.807, 2.05) is 6.92 Å². The molecule has 5 heteroatoms. The largest absolute Gasteiger partial charge is 0.394 e. The maximum absolute atomic E-state index is 10.9. The Morgan fingerprint density at radius 3 is 2.75 bits per heavy atom. The molecule has 0 aliphatic rings. The normalized spacial score (nSPS) is 12.2. The van der Waals surface area contributed by atoms with Gasteiger partial charge in [-0.05, 0) is 30.7 Å². The summed E-state index contributed by atoms with van der Waals surface area (Å²) in [5.41, 5.74) is 7.26. The number of rotatable bonds is 5. The zero-order valence-electron chi connectivity index (χ0n) is 9.10. The third-order valence-electron chi connectivity index (χ3n) is 2.25. The molecule has 5 N–H and O–H groups in total. The van der Waals surface area contributed by atoms with E-state index in [2.05, 4.69) is 5.32 Å². The van der Waals surface area contributed by atoms with Crippen LogP contribution in [-0.2, 0) is 0 Å². The third kappa shape index (κ3) is 3.22. The molecule has 0 saturated carbocycles. The SMILES string of the molecule is Cc1cc(C(N)=O)ccc1NCC(O)CO. The number of benzene rings is 1. The van der Waals surface area contributed by atoms with Crippen LogP contribution in [0, 0.1) is 6.92 Å². The van der Waals surface area contributed by atoms with Crippen molar-refractivity contribution in [3.63, 3.8) is 0 Å². The molecule has 0 aliphatic heterocycles. The van der Waals surface area contributed by atoms with Crippen LogP contribution in [0.1, 0.15) is 15.9 Å². The second-order valence-corrected chi connectivity index (χ2v) is 3.61. The molecule has 1 aromatic rings. The molecular formula is C11H16N2O3. The zero-order valence-corrected chi connectivity index (χ0v) is 9.10. The fraction of sp³-hybridized carbons (Fsp3) is 0.364. The summed E-state index contributed by atoms with van der Waals surface area (Å²) in [6.07, 6.45) is -0.796. The molecule has 16 heavy (non-hydrogen) atoms. The van der Waals surface area contributed by atoms with E-state index in [-0.39, 0.29) is 13.2 Å². The van der Waals surface area contributed by atoms with Crippen LogP contribution < -0.4 is 11.1 Å². The number of nitrogens with two attached hydrogens (primary N) is 1. The molecule has 1 aromatic carbocycles. The quantitative estimate of drug-likeness (QED) is 0.559. The maximum atomic E-state index is 10.9. The molecule has 1 amide bonds. The molecule has 0 heterocycles. The number of carbonyl (C=O) groups is 1. The Kier molecular flexibility index (Phi) is 4.28. The standard InChI is InChI=1S/C11H16N2O3/c1-7-4-8(11(12)16)2-3-10(7)13-5-9(15)6-14/h2-4,9,13-15H,5-6H2,1H3,(H2,12,16). The van der Waals surface area contributed by atoms with Gasteiger partial charge in [0.15, 0.2) is 0 Å². The van der Waals surface area contributed by atoms with E-state index in [4.69, 9.17) is 15.9 Å². The second-order valence-electron chi connectivity index (χ2n) is 3.61. The first-order chi connectivity index (χ1) is 7.54. The number of aryl methyl sites for hydroxylation is 1. The highest BCUT2D eigenvalue weighted by Gasteiger charge is 2.05. The summed E-state index contributed by atoms with van der Waals surface area (Å²) in [6.45, 7) is 1.80. The van der Waals surface area contributed by atoms with Gasteiger partial charge in [0.05, 0.1) is 12.7 Å². The minimum Gasteiger partial charge on any atom is -0.394 e. The lowest BCUT2D eigenvalue weighted by Gasteiger charge is -2.12. The lowest BCUT2D eigenvalue weighted by molar-refractivity contribution is 0.1000. The maximum Gasteiger partial charge on any atom is 0.248 e. The smallest absolute Gasteiger partial charge is 0.248 e. The van der Waals surface area contributed by atoms with Crippen LogP contribution in [0.15, 0.2) is 18.2 Å². The number of amides is 1. The lowest BCUT2D eigenvalue weighted by atomic mass is 10.1.